The maximum absolute atomic E-state index is 5.49. The number of aromatic nitrogens is 3. The van der Waals surface area contributed by atoms with Crippen molar-refractivity contribution in [2.24, 2.45) is 0 Å². The zero-order chi connectivity index (χ0) is 10.7. The second-order valence-corrected chi connectivity index (χ2v) is 4.40. The third kappa shape index (κ3) is 2.73. The average Bonchev–Trinajstić information content (AvgIpc) is 2.65. The van der Waals surface area contributed by atoms with E-state index in [2.05, 4.69) is 30.3 Å². The molecule has 0 aliphatic carbocycles. The monoisotopic (exact) mass is 285 g/mol. The topological polar surface area (TPSA) is 47.9 Å². The molecule has 2 heterocycles. The highest BCUT2D eigenvalue weighted by molar-refractivity contribution is 9.10. The van der Waals surface area contributed by atoms with Crippen molar-refractivity contribution in [2.75, 3.05) is 0 Å². The molecule has 0 saturated carbocycles. The van der Waals surface area contributed by atoms with E-state index in [1.165, 1.54) is 11.5 Å². The Labute approximate surface area is 99.6 Å². The minimum Gasteiger partial charge on any atom is -0.428 e. The second kappa shape index (κ2) is 4.67. The van der Waals surface area contributed by atoms with Crippen LogP contribution in [0.25, 0.3) is 0 Å². The molecule has 6 heteroatoms. The first-order valence-corrected chi connectivity index (χ1v) is 5.95. The van der Waals surface area contributed by atoms with Crippen molar-refractivity contribution >= 4 is 27.5 Å². The molecular weight excluding hydrogens is 278 g/mol. The molecule has 0 aliphatic rings. The highest BCUT2D eigenvalue weighted by Crippen LogP contribution is 2.24. The molecule has 0 radical (unpaired) electrons. The SMILES string of the molecule is CCc1nsc(Oc2cncc(Br)c2)n1. The van der Waals surface area contributed by atoms with Crippen LogP contribution in [-0.2, 0) is 6.42 Å². The summed E-state index contributed by atoms with van der Waals surface area (Å²) < 4.78 is 10.5. The van der Waals surface area contributed by atoms with E-state index in [0.29, 0.717) is 10.9 Å². The Kier molecular flexibility index (Phi) is 3.27. The smallest absolute Gasteiger partial charge is 0.298 e. The van der Waals surface area contributed by atoms with Crippen LogP contribution in [0.4, 0.5) is 0 Å². The van der Waals surface area contributed by atoms with E-state index in [4.69, 9.17) is 4.74 Å². The molecule has 0 amide bonds. The van der Waals surface area contributed by atoms with E-state index in [1.807, 2.05) is 13.0 Å². The van der Waals surface area contributed by atoms with Crippen molar-refractivity contribution in [3.8, 4) is 10.9 Å². The molecule has 2 aromatic rings. The first kappa shape index (κ1) is 10.5. The molecule has 2 rings (SSSR count). The second-order valence-electron chi connectivity index (χ2n) is 2.77. The molecule has 0 bridgehead atoms. The molecular formula is C9H8BrN3OS. The van der Waals surface area contributed by atoms with Crippen LogP contribution in [0.2, 0.25) is 0 Å². The minimum atomic E-state index is 0.548. The molecule has 4 nitrogen and oxygen atoms in total. The van der Waals surface area contributed by atoms with Crippen molar-refractivity contribution in [3.63, 3.8) is 0 Å². The summed E-state index contributed by atoms with van der Waals surface area (Å²) in [6.07, 6.45) is 4.15. The van der Waals surface area contributed by atoms with Gasteiger partial charge in [-0.15, -0.1) is 0 Å². The van der Waals surface area contributed by atoms with Gasteiger partial charge in [0.05, 0.1) is 6.20 Å². The number of hydrogen-bond donors (Lipinski definition) is 0. The van der Waals surface area contributed by atoms with E-state index in [-0.39, 0.29) is 0 Å². The van der Waals surface area contributed by atoms with Crippen LogP contribution in [-0.4, -0.2) is 14.3 Å². The van der Waals surface area contributed by atoms with Gasteiger partial charge in [0.2, 0.25) is 0 Å². The average molecular weight is 286 g/mol. The normalized spacial score (nSPS) is 10.3. The Morgan fingerprint density at radius 1 is 1.47 bits per heavy atom. The lowest BCUT2D eigenvalue weighted by Gasteiger charge is -1.99. The van der Waals surface area contributed by atoms with Gasteiger partial charge >= 0.3 is 0 Å². The largest absolute Gasteiger partial charge is 0.428 e. The van der Waals surface area contributed by atoms with Gasteiger partial charge in [0.25, 0.3) is 5.19 Å². The molecule has 0 atom stereocenters. The van der Waals surface area contributed by atoms with Crippen molar-refractivity contribution in [3.05, 3.63) is 28.8 Å². The lowest BCUT2D eigenvalue weighted by Crippen LogP contribution is -1.86. The van der Waals surface area contributed by atoms with Gasteiger partial charge in [0.15, 0.2) is 0 Å². The van der Waals surface area contributed by atoms with Gasteiger partial charge in [-0.25, -0.2) is 0 Å². The fourth-order valence-electron chi connectivity index (χ4n) is 0.972. The summed E-state index contributed by atoms with van der Waals surface area (Å²) >= 11 is 4.57. The molecule has 0 spiro atoms. The third-order valence-corrected chi connectivity index (χ3v) is 2.72. The predicted octanol–water partition coefficient (Wildman–Crippen LogP) is 3.05. The molecule has 0 saturated heterocycles. The fourth-order valence-corrected chi connectivity index (χ4v) is 1.95. The van der Waals surface area contributed by atoms with Gasteiger partial charge in [-0.1, -0.05) is 6.92 Å². The fraction of sp³-hybridized carbons (Fsp3) is 0.222. The highest BCUT2D eigenvalue weighted by Gasteiger charge is 2.04. The number of nitrogens with zero attached hydrogens (tertiary/aromatic N) is 3. The van der Waals surface area contributed by atoms with Gasteiger partial charge in [-0.05, 0) is 22.0 Å². The summed E-state index contributed by atoms with van der Waals surface area (Å²) in [5.74, 6) is 1.46. The van der Waals surface area contributed by atoms with Gasteiger partial charge < -0.3 is 4.74 Å². The minimum absolute atomic E-state index is 0.548. The van der Waals surface area contributed by atoms with Crippen LogP contribution >= 0.6 is 27.5 Å². The summed E-state index contributed by atoms with van der Waals surface area (Å²) in [5.41, 5.74) is 0. The van der Waals surface area contributed by atoms with Crippen LogP contribution < -0.4 is 4.74 Å². The Bertz CT molecular complexity index is 460. The zero-order valence-corrected chi connectivity index (χ0v) is 10.4. The Hall–Kier alpha value is -1.01. The first-order chi connectivity index (χ1) is 7.28. The predicted molar refractivity (Wildman–Crippen MR) is 61.3 cm³/mol. The highest BCUT2D eigenvalue weighted by atomic mass is 79.9. The molecule has 0 aromatic carbocycles. The summed E-state index contributed by atoms with van der Waals surface area (Å²) in [7, 11) is 0. The van der Waals surface area contributed by atoms with Crippen molar-refractivity contribution in [1.29, 1.82) is 0 Å². The van der Waals surface area contributed by atoms with Gasteiger partial charge in [-0.3, -0.25) is 4.98 Å². The number of rotatable bonds is 3. The third-order valence-electron chi connectivity index (χ3n) is 1.65. The molecule has 15 heavy (non-hydrogen) atoms. The van der Waals surface area contributed by atoms with Crippen molar-refractivity contribution in [1.82, 2.24) is 14.3 Å². The van der Waals surface area contributed by atoms with Crippen LogP contribution in [0.5, 0.6) is 10.9 Å². The first-order valence-electron chi connectivity index (χ1n) is 4.39. The van der Waals surface area contributed by atoms with E-state index < -0.39 is 0 Å². The number of halogens is 1. The maximum Gasteiger partial charge on any atom is 0.298 e. The van der Waals surface area contributed by atoms with E-state index in [1.54, 1.807) is 12.4 Å². The summed E-state index contributed by atoms with van der Waals surface area (Å²) in [6.45, 7) is 2.01. The van der Waals surface area contributed by atoms with Gasteiger partial charge in [0.1, 0.15) is 11.6 Å². The quantitative estimate of drug-likeness (QED) is 0.870. The van der Waals surface area contributed by atoms with Crippen molar-refractivity contribution < 1.29 is 4.74 Å². The molecule has 0 N–H and O–H groups in total. The number of pyridine rings is 1. The molecule has 78 valence electrons. The zero-order valence-electron chi connectivity index (χ0n) is 7.98. The van der Waals surface area contributed by atoms with Crippen molar-refractivity contribution in [2.45, 2.75) is 13.3 Å². The summed E-state index contributed by atoms with van der Waals surface area (Å²) in [5, 5.41) is 0.548. The standard InChI is InChI=1S/C9H8BrN3OS/c1-2-8-12-9(15-13-8)14-7-3-6(10)4-11-5-7/h3-5H,2H2,1H3. The molecule has 0 unspecified atom stereocenters. The molecule has 0 fully saturated rings. The Morgan fingerprint density at radius 3 is 3.00 bits per heavy atom. The number of hydrogen-bond acceptors (Lipinski definition) is 5. The summed E-state index contributed by atoms with van der Waals surface area (Å²) in [6, 6.07) is 1.83. The Morgan fingerprint density at radius 2 is 2.33 bits per heavy atom. The molecule has 0 aliphatic heterocycles. The maximum atomic E-state index is 5.49. The van der Waals surface area contributed by atoms with Gasteiger partial charge in [0, 0.05) is 28.6 Å². The van der Waals surface area contributed by atoms with Crippen LogP contribution in [0.3, 0.4) is 0 Å². The lowest BCUT2D eigenvalue weighted by molar-refractivity contribution is 0.474. The lowest BCUT2D eigenvalue weighted by atomic mass is 10.5. The van der Waals surface area contributed by atoms with E-state index in [0.717, 1.165) is 16.7 Å². The number of aryl methyl sites for hydroxylation is 1. The van der Waals surface area contributed by atoms with Gasteiger partial charge in [-0.2, -0.15) is 9.36 Å². The van der Waals surface area contributed by atoms with Crippen LogP contribution in [0, 0.1) is 0 Å². The van der Waals surface area contributed by atoms with E-state index in [9.17, 15) is 0 Å². The van der Waals surface area contributed by atoms with E-state index >= 15 is 0 Å². The number of ether oxygens (including phenoxy) is 1. The van der Waals surface area contributed by atoms with Crippen LogP contribution in [0.1, 0.15) is 12.7 Å². The van der Waals surface area contributed by atoms with Crippen LogP contribution in [0.15, 0.2) is 22.9 Å². The summed E-state index contributed by atoms with van der Waals surface area (Å²) in [4.78, 5) is 8.19. The molecule has 2 aromatic heterocycles. The Balaban J connectivity index is 2.14.